The third-order valence-corrected chi connectivity index (χ3v) is 7.81. The first-order valence-electron chi connectivity index (χ1n) is 10.4. The Morgan fingerprint density at radius 1 is 1.17 bits per heavy atom. The van der Waals surface area contributed by atoms with E-state index < -0.39 is 23.3 Å². The zero-order valence-corrected chi connectivity index (χ0v) is 18.3. The molecule has 166 valence electrons. The van der Waals surface area contributed by atoms with Crippen LogP contribution in [0.25, 0.3) is 0 Å². The number of carbonyl (C=O) groups is 1. The first-order valence-corrected chi connectivity index (χ1v) is 11.1. The van der Waals surface area contributed by atoms with E-state index in [0.29, 0.717) is 11.8 Å². The molecule has 0 aliphatic heterocycles. The van der Waals surface area contributed by atoms with E-state index in [-0.39, 0.29) is 17.4 Å². The van der Waals surface area contributed by atoms with Crippen LogP contribution in [-0.4, -0.2) is 23.1 Å². The van der Waals surface area contributed by atoms with Crippen molar-refractivity contribution in [2.24, 2.45) is 17.3 Å². The molecule has 2 atom stereocenters. The molecule has 4 aliphatic carbocycles. The summed E-state index contributed by atoms with van der Waals surface area (Å²) in [5.74, 6) is -0.603. The first-order chi connectivity index (χ1) is 14.1. The van der Waals surface area contributed by atoms with Gasteiger partial charge < -0.3 is 4.74 Å². The standard InChI is InChI=1S/C22H28F2O5S/c1-13-4-14(2)18(15(3)5-13)21-9-16-6-17(10-21)8-20(7-16,11-21)12-27-19(25)22(23,24)30-29-28-26/h4-5,16-17,26H,6-12H2,1-3H3. The van der Waals surface area contributed by atoms with E-state index in [9.17, 15) is 13.6 Å². The van der Waals surface area contributed by atoms with E-state index in [1.54, 1.807) is 0 Å². The van der Waals surface area contributed by atoms with Crippen molar-refractivity contribution in [3.05, 3.63) is 34.4 Å². The normalized spacial score (nSPS) is 32.5. The van der Waals surface area contributed by atoms with Crippen LogP contribution in [0.2, 0.25) is 0 Å². The fraction of sp³-hybridized carbons (Fsp3) is 0.682. The summed E-state index contributed by atoms with van der Waals surface area (Å²) in [7, 11) is 0. The van der Waals surface area contributed by atoms with Gasteiger partial charge in [-0.15, -0.1) is 4.33 Å². The zero-order valence-electron chi connectivity index (χ0n) is 17.5. The summed E-state index contributed by atoms with van der Waals surface area (Å²) in [5, 5.41) is 7.29. The molecule has 4 bridgehead atoms. The lowest BCUT2D eigenvalue weighted by Crippen LogP contribution is -2.56. The van der Waals surface area contributed by atoms with Crippen molar-refractivity contribution in [3.8, 4) is 0 Å². The van der Waals surface area contributed by atoms with Crippen LogP contribution >= 0.6 is 12.0 Å². The van der Waals surface area contributed by atoms with Crippen molar-refractivity contribution in [3.63, 3.8) is 0 Å². The molecule has 0 aromatic heterocycles. The van der Waals surface area contributed by atoms with Crippen LogP contribution in [0.15, 0.2) is 12.1 Å². The van der Waals surface area contributed by atoms with Crippen molar-refractivity contribution >= 4 is 18.0 Å². The molecule has 4 aliphatic rings. The van der Waals surface area contributed by atoms with Gasteiger partial charge in [-0.3, -0.25) is 0 Å². The summed E-state index contributed by atoms with van der Waals surface area (Å²) in [4.78, 5) is 11.9. The SMILES string of the molecule is Cc1cc(C)c(C23CC4CC(CC(COC(=O)C(F)(F)SOOO)(C4)C2)C3)c(C)c1. The smallest absolute Gasteiger partial charge is 0.415 e. The van der Waals surface area contributed by atoms with Gasteiger partial charge in [0.15, 0.2) is 0 Å². The summed E-state index contributed by atoms with van der Waals surface area (Å²) >= 11 is -0.575. The first kappa shape index (κ1) is 22.0. The molecule has 0 heterocycles. The number of esters is 1. The fourth-order valence-electron chi connectivity index (χ4n) is 7.32. The maximum atomic E-state index is 13.8. The summed E-state index contributed by atoms with van der Waals surface area (Å²) < 4.78 is 36.5. The second kappa shape index (κ2) is 7.73. The fourth-order valence-corrected chi connectivity index (χ4v) is 7.57. The highest BCUT2D eigenvalue weighted by Gasteiger charge is 2.59. The van der Waals surface area contributed by atoms with Gasteiger partial charge in [-0.1, -0.05) is 22.7 Å². The average molecular weight is 443 g/mol. The Balaban J connectivity index is 1.57. The number of benzene rings is 1. The van der Waals surface area contributed by atoms with Crippen molar-refractivity contribution in [1.29, 1.82) is 0 Å². The van der Waals surface area contributed by atoms with Gasteiger partial charge >= 0.3 is 11.2 Å². The minimum atomic E-state index is -3.95. The van der Waals surface area contributed by atoms with Crippen molar-refractivity contribution in [2.75, 3.05) is 6.61 Å². The number of hydrogen-bond acceptors (Lipinski definition) is 6. The third-order valence-electron chi connectivity index (χ3n) is 7.31. The van der Waals surface area contributed by atoms with Crippen molar-refractivity contribution < 1.29 is 32.9 Å². The monoisotopic (exact) mass is 442 g/mol. The maximum Gasteiger partial charge on any atom is 0.415 e. The number of rotatable bonds is 7. The average Bonchev–Trinajstić information content (AvgIpc) is 2.62. The van der Waals surface area contributed by atoms with Gasteiger partial charge in [0.2, 0.25) is 0 Å². The number of carbonyl (C=O) groups excluding carboxylic acids is 1. The molecule has 2 unspecified atom stereocenters. The van der Waals surface area contributed by atoms with Crippen molar-refractivity contribution in [2.45, 2.75) is 70.0 Å². The lowest BCUT2D eigenvalue weighted by Gasteiger charge is -2.62. The molecule has 8 heteroatoms. The Kier molecular flexibility index (Phi) is 5.66. The van der Waals surface area contributed by atoms with Gasteiger partial charge in [-0.25, -0.2) is 10.1 Å². The van der Waals surface area contributed by atoms with E-state index >= 15 is 0 Å². The van der Waals surface area contributed by atoms with E-state index in [2.05, 4.69) is 42.3 Å². The van der Waals surface area contributed by atoms with E-state index in [0.717, 1.165) is 32.1 Å². The van der Waals surface area contributed by atoms with Crippen LogP contribution in [-0.2, 0) is 24.3 Å². The summed E-state index contributed by atoms with van der Waals surface area (Å²) in [6, 6.07) is 4.46. The van der Waals surface area contributed by atoms with Gasteiger partial charge in [-0.05, 0) is 93.2 Å². The van der Waals surface area contributed by atoms with Crippen LogP contribution < -0.4 is 0 Å². The largest absolute Gasteiger partial charge is 0.460 e. The molecular weight excluding hydrogens is 414 g/mol. The molecule has 1 aromatic carbocycles. The molecule has 4 saturated carbocycles. The van der Waals surface area contributed by atoms with Crippen LogP contribution in [0.4, 0.5) is 8.78 Å². The number of alkyl halides is 2. The molecule has 30 heavy (non-hydrogen) atoms. The predicted octanol–water partition coefficient (Wildman–Crippen LogP) is 5.66. The summed E-state index contributed by atoms with van der Waals surface area (Å²) in [5.41, 5.74) is 5.02. The van der Waals surface area contributed by atoms with Crippen LogP contribution in [0.5, 0.6) is 0 Å². The van der Waals surface area contributed by atoms with Crippen LogP contribution in [0.3, 0.4) is 0 Å². The molecule has 0 radical (unpaired) electrons. The highest BCUT2D eigenvalue weighted by atomic mass is 32.2. The minimum absolute atomic E-state index is 0.0132. The van der Waals surface area contributed by atoms with E-state index in [4.69, 9.17) is 9.99 Å². The van der Waals surface area contributed by atoms with Crippen LogP contribution in [0, 0.1) is 38.0 Å². The number of aryl methyl sites for hydroxylation is 3. The van der Waals surface area contributed by atoms with Gasteiger partial charge in [0, 0.05) is 5.41 Å². The van der Waals surface area contributed by atoms with Crippen molar-refractivity contribution in [1.82, 2.24) is 0 Å². The molecule has 1 aromatic rings. The van der Waals surface area contributed by atoms with E-state index in [1.807, 2.05) is 0 Å². The number of hydrogen-bond donors (Lipinski definition) is 1. The molecule has 5 rings (SSSR count). The van der Waals surface area contributed by atoms with E-state index in [1.165, 1.54) is 28.7 Å². The minimum Gasteiger partial charge on any atom is -0.460 e. The second-order valence-electron chi connectivity index (χ2n) is 9.83. The Hall–Kier alpha value is -1.22. The lowest BCUT2D eigenvalue weighted by atomic mass is 9.42. The number of halogens is 2. The van der Waals surface area contributed by atoms with Crippen LogP contribution in [0.1, 0.15) is 60.8 Å². The third kappa shape index (κ3) is 3.87. The summed E-state index contributed by atoms with van der Waals surface area (Å²) in [6.07, 6.45) is 6.11. The predicted molar refractivity (Wildman–Crippen MR) is 108 cm³/mol. The second-order valence-corrected chi connectivity index (χ2v) is 10.6. The molecule has 0 spiro atoms. The van der Waals surface area contributed by atoms with Gasteiger partial charge in [-0.2, -0.15) is 8.78 Å². The summed E-state index contributed by atoms with van der Waals surface area (Å²) in [6.45, 7) is 6.43. The molecule has 5 nitrogen and oxygen atoms in total. The zero-order chi connectivity index (χ0) is 21.7. The van der Waals surface area contributed by atoms with Gasteiger partial charge in [0.05, 0.1) is 6.61 Å². The highest BCUT2D eigenvalue weighted by Crippen LogP contribution is 2.66. The molecule has 0 saturated heterocycles. The lowest BCUT2D eigenvalue weighted by molar-refractivity contribution is -0.433. The molecule has 4 fully saturated rings. The quantitative estimate of drug-likeness (QED) is 0.255. The maximum absolute atomic E-state index is 13.8. The molecule has 1 N–H and O–H groups in total. The molecule has 0 amide bonds. The topological polar surface area (TPSA) is 65.0 Å². The van der Waals surface area contributed by atoms with Gasteiger partial charge in [0.25, 0.3) is 0 Å². The number of ether oxygens (including phenoxy) is 1. The molecular formula is C22H28F2O5S. The Labute approximate surface area is 179 Å². The highest BCUT2D eigenvalue weighted by molar-refractivity contribution is 7.96. The Morgan fingerprint density at radius 2 is 1.77 bits per heavy atom. The Bertz CT molecular complexity index is 806. The Morgan fingerprint density at radius 3 is 2.33 bits per heavy atom. The van der Waals surface area contributed by atoms with Gasteiger partial charge in [0.1, 0.15) is 12.0 Å².